The largest absolute Gasteiger partial charge is 0.416 e. The highest BCUT2D eigenvalue weighted by atomic mass is 19.4. The number of nitrogens with zero attached hydrogens (tertiary/aromatic N) is 5. The van der Waals surface area contributed by atoms with E-state index in [1.54, 1.807) is 28.9 Å². The molecule has 0 unspecified atom stereocenters. The first kappa shape index (κ1) is 21.3. The predicted molar refractivity (Wildman–Crippen MR) is 116 cm³/mol. The molecule has 7 nitrogen and oxygen atoms in total. The van der Waals surface area contributed by atoms with Crippen LogP contribution in [0.4, 0.5) is 19.1 Å². The molecule has 1 N–H and O–H groups in total. The van der Waals surface area contributed by atoms with Crippen LogP contribution in [-0.2, 0) is 17.3 Å². The Hall–Kier alpha value is -3.53. The van der Waals surface area contributed by atoms with Crippen LogP contribution in [0, 0.1) is 0 Å². The molecule has 4 heterocycles. The summed E-state index contributed by atoms with van der Waals surface area (Å²) < 4.78 is 47.1. The number of halogens is 3. The van der Waals surface area contributed by atoms with Crippen LogP contribution in [-0.4, -0.2) is 43.8 Å². The number of hydrogen-bond acceptors (Lipinski definition) is 6. The van der Waals surface area contributed by atoms with Crippen molar-refractivity contribution in [3.05, 3.63) is 71.8 Å². The minimum absolute atomic E-state index is 0.0167. The number of alkyl halides is 3. The number of nitrogens with one attached hydrogen (secondary N) is 1. The summed E-state index contributed by atoms with van der Waals surface area (Å²) >= 11 is 0. The Morgan fingerprint density at radius 3 is 2.70 bits per heavy atom. The van der Waals surface area contributed by atoms with Gasteiger partial charge in [0.25, 0.3) is 0 Å². The molecule has 1 aromatic carbocycles. The molecule has 0 bridgehead atoms. The van der Waals surface area contributed by atoms with Crippen LogP contribution in [0.15, 0.2) is 54.9 Å². The Balaban J connectivity index is 1.40. The van der Waals surface area contributed by atoms with Gasteiger partial charge in [0.1, 0.15) is 5.82 Å². The summed E-state index contributed by atoms with van der Waals surface area (Å²) in [6.07, 6.45) is 0.844. The second-order valence-corrected chi connectivity index (χ2v) is 7.89. The number of benzene rings is 1. The standard InChI is InChI=1S/C23H21F3N6O/c24-23(25,26)18-4-2-1-3-15(18)13-20-30-31-21-14-16(6-10-32(20)21)19-5-9-27-22(29-19)28-17-7-11-33-12-8-17/h1-6,9-10,14,17H,7-8,11-13H2,(H,27,28,29). The monoisotopic (exact) mass is 454 g/mol. The molecule has 0 spiro atoms. The molecule has 1 aliphatic rings. The molecule has 4 aromatic rings. The zero-order valence-corrected chi connectivity index (χ0v) is 17.6. The summed E-state index contributed by atoms with van der Waals surface area (Å²) in [5, 5.41) is 11.6. The Labute approximate surface area is 187 Å². The first-order chi connectivity index (χ1) is 16.0. The van der Waals surface area contributed by atoms with Crippen LogP contribution in [0.2, 0.25) is 0 Å². The van der Waals surface area contributed by atoms with E-state index >= 15 is 0 Å². The van der Waals surface area contributed by atoms with Gasteiger partial charge in [0.15, 0.2) is 5.65 Å². The highest BCUT2D eigenvalue weighted by Gasteiger charge is 2.33. The fourth-order valence-electron chi connectivity index (χ4n) is 3.96. The minimum atomic E-state index is -4.42. The van der Waals surface area contributed by atoms with Crippen LogP contribution in [0.25, 0.3) is 16.9 Å². The molecule has 33 heavy (non-hydrogen) atoms. The summed E-state index contributed by atoms with van der Waals surface area (Å²) in [6.45, 7) is 1.44. The molecule has 0 saturated carbocycles. The summed E-state index contributed by atoms with van der Waals surface area (Å²) in [7, 11) is 0. The molecule has 0 radical (unpaired) electrons. The first-order valence-corrected chi connectivity index (χ1v) is 10.6. The van der Waals surface area contributed by atoms with E-state index < -0.39 is 11.7 Å². The summed E-state index contributed by atoms with van der Waals surface area (Å²) in [4.78, 5) is 8.92. The van der Waals surface area contributed by atoms with Gasteiger partial charge in [0.05, 0.1) is 11.3 Å². The lowest BCUT2D eigenvalue weighted by atomic mass is 10.0. The van der Waals surface area contributed by atoms with Gasteiger partial charge in [-0.25, -0.2) is 9.97 Å². The van der Waals surface area contributed by atoms with Gasteiger partial charge < -0.3 is 10.1 Å². The Kier molecular flexibility index (Phi) is 5.67. The number of ether oxygens (including phenoxy) is 1. The molecule has 10 heteroatoms. The van der Waals surface area contributed by atoms with E-state index in [4.69, 9.17) is 4.74 Å². The van der Waals surface area contributed by atoms with Crippen molar-refractivity contribution in [3.8, 4) is 11.3 Å². The fraction of sp³-hybridized carbons (Fsp3) is 0.304. The van der Waals surface area contributed by atoms with E-state index in [0.29, 0.717) is 23.1 Å². The van der Waals surface area contributed by atoms with E-state index in [-0.39, 0.29) is 18.0 Å². The lowest BCUT2D eigenvalue weighted by molar-refractivity contribution is -0.138. The highest BCUT2D eigenvalue weighted by Crippen LogP contribution is 2.32. The van der Waals surface area contributed by atoms with Crippen molar-refractivity contribution in [2.45, 2.75) is 31.5 Å². The van der Waals surface area contributed by atoms with Gasteiger partial charge >= 0.3 is 6.18 Å². The smallest absolute Gasteiger partial charge is 0.381 e. The number of fused-ring (bicyclic) bond motifs is 1. The maximum absolute atomic E-state index is 13.3. The van der Waals surface area contributed by atoms with Crippen LogP contribution in [0.3, 0.4) is 0 Å². The second kappa shape index (κ2) is 8.78. The van der Waals surface area contributed by atoms with E-state index in [2.05, 4.69) is 25.5 Å². The molecule has 0 atom stereocenters. The number of rotatable bonds is 5. The zero-order valence-electron chi connectivity index (χ0n) is 17.6. The molecule has 0 aliphatic carbocycles. The average molecular weight is 454 g/mol. The third-order valence-electron chi connectivity index (χ3n) is 5.66. The van der Waals surface area contributed by atoms with Crippen molar-refractivity contribution >= 4 is 11.6 Å². The van der Waals surface area contributed by atoms with Crippen molar-refractivity contribution < 1.29 is 17.9 Å². The first-order valence-electron chi connectivity index (χ1n) is 10.6. The topological polar surface area (TPSA) is 77.2 Å². The summed E-state index contributed by atoms with van der Waals surface area (Å²) in [6, 6.07) is 11.3. The molecule has 1 aliphatic heterocycles. The molecular weight excluding hydrogens is 433 g/mol. The molecular formula is C23H21F3N6O. The van der Waals surface area contributed by atoms with Crippen LogP contribution in [0.1, 0.15) is 29.8 Å². The van der Waals surface area contributed by atoms with Crippen LogP contribution < -0.4 is 5.32 Å². The number of pyridine rings is 1. The second-order valence-electron chi connectivity index (χ2n) is 7.89. The van der Waals surface area contributed by atoms with Gasteiger partial charge in [0.2, 0.25) is 5.95 Å². The van der Waals surface area contributed by atoms with Gasteiger partial charge in [-0.2, -0.15) is 13.2 Å². The third-order valence-corrected chi connectivity index (χ3v) is 5.66. The average Bonchev–Trinajstić information content (AvgIpc) is 3.21. The van der Waals surface area contributed by atoms with Crippen molar-refractivity contribution in [3.63, 3.8) is 0 Å². The van der Waals surface area contributed by atoms with Crippen molar-refractivity contribution in [1.82, 2.24) is 24.6 Å². The van der Waals surface area contributed by atoms with Crippen molar-refractivity contribution in [1.29, 1.82) is 0 Å². The van der Waals surface area contributed by atoms with E-state index in [1.165, 1.54) is 12.1 Å². The number of anilines is 1. The normalized spacial score (nSPS) is 15.1. The van der Waals surface area contributed by atoms with Crippen LogP contribution >= 0.6 is 0 Å². The Morgan fingerprint density at radius 2 is 1.88 bits per heavy atom. The fourth-order valence-corrected chi connectivity index (χ4v) is 3.96. The maximum Gasteiger partial charge on any atom is 0.416 e. The predicted octanol–water partition coefficient (Wildman–Crippen LogP) is 4.39. The van der Waals surface area contributed by atoms with E-state index in [1.807, 2.05) is 12.1 Å². The van der Waals surface area contributed by atoms with Gasteiger partial charge in [0, 0.05) is 43.6 Å². The van der Waals surface area contributed by atoms with Gasteiger partial charge in [-0.1, -0.05) is 18.2 Å². The lowest BCUT2D eigenvalue weighted by Crippen LogP contribution is -2.28. The third kappa shape index (κ3) is 4.65. The molecule has 5 rings (SSSR count). The molecule has 1 saturated heterocycles. The SMILES string of the molecule is FC(F)(F)c1ccccc1Cc1nnc2cc(-c3ccnc(NC4CCOCC4)n3)ccn12. The van der Waals surface area contributed by atoms with Gasteiger partial charge in [-0.15, -0.1) is 10.2 Å². The maximum atomic E-state index is 13.3. The Bertz CT molecular complexity index is 1270. The van der Waals surface area contributed by atoms with Gasteiger partial charge in [-0.3, -0.25) is 4.40 Å². The highest BCUT2D eigenvalue weighted by molar-refractivity contribution is 5.64. The molecule has 170 valence electrons. The zero-order chi connectivity index (χ0) is 22.8. The Morgan fingerprint density at radius 1 is 1.06 bits per heavy atom. The summed E-state index contributed by atoms with van der Waals surface area (Å²) in [5.41, 5.74) is 1.56. The van der Waals surface area contributed by atoms with Gasteiger partial charge in [-0.05, 0) is 42.7 Å². The molecule has 3 aromatic heterocycles. The van der Waals surface area contributed by atoms with E-state index in [9.17, 15) is 13.2 Å². The lowest BCUT2D eigenvalue weighted by Gasteiger charge is -2.23. The van der Waals surface area contributed by atoms with E-state index in [0.717, 1.165) is 37.7 Å². The van der Waals surface area contributed by atoms with Crippen molar-refractivity contribution in [2.24, 2.45) is 0 Å². The number of aromatic nitrogens is 5. The number of hydrogen-bond donors (Lipinski definition) is 1. The molecule has 0 amide bonds. The quantitative estimate of drug-likeness (QED) is 0.482. The summed E-state index contributed by atoms with van der Waals surface area (Å²) in [5.74, 6) is 0.975. The minimum Gasteiger partial charge on any atom is -0.381 e. The van der Waals surface area contributed by atoms with Crippen molar-refractivity contribution in [2.75, 3.05) is 18.5 Å². The molecule has 1 fully saturated rings. The van der Waals surface area contributed by atoms with Crippen LogP contribution in [0.5, 0.6) is 0 Å².